The largest absolute Gasteiger partial charge is 0.352 e. The standard InChI is InChI=1S/C18H19ClN2OS/c19-14-3-1-2-13(8-14)18-20-15(10-23-18)9-16(22)21-17(11-4-5-11)12-6-7-12/h1-3,8,10-12,17H,4-7,9H2,(H,21,22). The molecule has 0 saturated heterocycles. The molecule has 0 atom stereocenters. The lowest BCUT2D eigenvalue weighted by Crippen LogP contribution is -2.39. The number of carbonyl (C=O) groups excluding carboxylic acids is 1. The van der Waals surface area contributed by atoms with Gasteiger partial charge >= 0.3 is 0 Å². The van der Waals surface area contributed by atoms with Crippen molar-refractivity contribution in [2.45, 2.75) is 38.1 Å². The number of nitrogens with zero attached hydrogens (tertiary/aromatic N) is 1. The number of carbonyl (C=O) groups is 1. The normalized spacial score (nSPS) is 17.5. The minimum atomic E-state index is 0.108. The van der Waals surface area contributed by atoms with Crippen LogP contribution in [0.5, 0.6) is 0 Å². The first-order valence-electron chi connectivity index (χ1n) is 8.19. The van der Waals surface area contributed by atoms with Gasteiger partial charge < -0.3 is 5.32 Å². The van der Waals surface area contributed by atoms with E-state index in [1.54, 1.807) is 11.3 Å². The minimum absolute atomic E-state index is 0.108. The number of amides is 1. The van der Waals surface area contributed by atoms with Crippen LogP contribution in [0, 0.1) is 11.8 Å². The number of hydrogen-bond donors (Lipinski definition) is 1. The smallest absolute Gasteiger partial charge is 0.226 e. The first-order valence-corrected chi connectivity index (χ1v) is 9.44. The average Bonchev–Trinajstić information content (AvgIpc) is 3.44. The summed E-state index contributed by atoms with van der Waals surface area (Å²) >= 11 is 7.59. The molecular formula is C18H19ClN2OS. The molecule has 5 heteroatoms. The van der Waals surface area contributed by atoms with Gasteiger partial charge in [-0.1, -0.05) is 23.7 Å². The van der Waals surface area contributed by atoms with Gasteiger partial charge in [0.25, 0.3) is 0 Å². The first kappa shape index (κ1) is 15.2. The van der Waals surface area contributed by atoms with Gasteiger partial charge in [0.1, 0.15) is 5.01 Å². The van der Waals surface area contributed by atoms with E-state index in [0.29, 0.717) is 17.5 Å². The van der Waals surface area contributed by atoms with Gasteiger partial charge in [-0.3, -0.25) is 4.79 Å². The first-order chi connectivity index (χ1) is 11.2. The van der Waals surface area contributed by atoms with E-state index in [1.165, 1.54) is 25.7 Å². The average molecular weight is 347 g/mol. The number of halogens is 1. The Balaban J connectivity index is 1.40. The Morgan fingerprint density at radius 2 is 2.04 bits per heavy atom. The van der Waals surface area contributed by atoms with E-state index in [0.717, 1.165) is 28.1 Å². The molecule has 1 aromatic carbocycles. The highest BCUT2D eigenvalue weighted by Crippen LogP contribution is 2.44. The fourth-order valence-corrected chi connectivity index (χ4v) is 4.08. The predicted octanol–water partition coefficient (Wildman–Crippen LogP) is 4.31. The van der Waals surface area contributed by atoms with Gasteiger partial charge in [0, 0.05) is 22.0 Å². The molecule has 0 spiro atoms. The molecule has 2 aliphatic rings. The molecule has 2 fully saturated rings. The van der Waals surface area contributed by atoms with Crippen LogP contribution in [-0.4, -0.2) is 16.9 Å². The summed E-state index contributed by atoms with van der Waals surface area (Å²) < 4.78 is 0. The van der Waals surface area contributed by atoms with Crippen LogP contribution in [0.1, 0.15) is 31.4 Å². The minimum Gasteiger partial charge on any atom is -0.352 e. The van der Waals surface area contributed by atoms with E-state index in [4.69, 9.17) is 11.6 Å². The van der Waals surface area contributed by atoms with Gasteiger partial charge in [0.2, 0.25) is 5.91 Å². The van der Waals surface area contributed by atoms with Crippen molar-refractivity contribution in [1.82, 2.24) is 10.3 Å². The van der Waals surface area contributed by atoms with Gasteiger partial charge in [-0.05, 0) is 49.7 Å². The van der Waals surface area contributed by atoms with Crippen LogP contribution in [0.25, 0.3) is 10.6 Å². The molecule has 2 aliphatic carbocycles. The van der Waals surface area contributed by atoms with E-state index >= 15 is 0 Å². The molecule has 0 aliphatic heterocycles. The third-order valence-corrected chi connectivity index (χ3v) is 5.73. The molecule has 23 heavy (non-hydrogen) atoms. The van der Waals surface area contributed by atoms with Crippen LogP contribution < -0.4 is 5.32 Å². The van der Waals surface area contributed by atoms with Crippen molar-refractivity contribution in [3.63, 3.8) is 0 Å². The van der Waals surface area contributed by atoms with Crippen molar-refractivity contribution >= 4 is 28.8 Å². The van der Waals surface area contributed by atoms with Crippen molar-refractivity contribution < 1.29 is 4.79 Å². The van der Waals surface area contributed by atoms with Gasteiger partial charge in [-0.2, -0.15) is 0 Å². The summed E-state index contributed by atoms with van der Waals surface area (Å²) in [5.74, 6) is 1.56. The molecule has 120 valence electrons. The Hall–Kier alpha value is -1.39. The number of thiazole rings is 1. The summed E-state index contributed by atoms with van der Waals surface area (Å²) in [4.78, 5) is 16.9. The topological polar surface area (TPSA) is 42.0 Å². The van der Waals surface area contributed by atoms with E-state index < -0.39 is 0 Å². The number of rotatable bonds is 6. The second-order valence-corrected chi connectivity index (χ2v) is 7.89. The van der Waals surface area contributed by atoms with Gasteiger partial charge in [-0.15, -0.1) is 11.3 Å². The molecule has 0 unspecified atom stereocenters. The van der Waals surface area contributed by atoms with Crippen LogP contribution in [0.15, 0.2) is 29.6 Å². The number of aromatic nitrogens is 1. The van der Waals surface area contributed by atoms with Crippen LogP contribution in [0.4, 0.5) is 0 Å². The van der Waals surface area contributed by atoms with Crippen LogP contribution in [-0.2, 0) is 11.2 Å². The zero-order valence-corrected chi connectivity index (χ0v) is 14.4. The summed E-state index contributed by atoms with van der Waals surface area (Å²) in [5.41, 5.74) is 1.84. The van der Waals surface area contributed by atoms with Crippen molar-refractivity contribution in [3.05, 3.63) is 40.4 Å². The zero-order chi connectivity index (χ0) is 15.8. The summed E-state index contributed by atoms with van der Waals surface area (Å²) in [6.07, 6.45) is 5.47. The fourth-order valence-electron chi connectivity index (χ4n) is 3.07. The molecule has 1 N–H and O–H groups in total. The maximum atomic E-state index is 12.3. The van der Waals surface area contributed by atoms with Crippen molar-refractivity contribution in [3.8, 4) is 10.6 Å². The lowest BCUT2D eigenvalue weighted by atomic mass is 10.1. The Morgan fingerprint density at radius 1 is 1.30 bits per heavy atom. The van der Waals surface area contributed by atoms with Gasteiger partial charge in [0.05, 0.1) is 12.1 Å². The maximum Gasteiger partial charge on any atom is 0.226 e. The second-order valence-electron chi connectivity index (χ2n) is 6.60. The fraction of sp³-hybridized carbons (Fsp3) is 0.444. The van der Waals surface area contributed by atoms with Gasteiger partial charge in [0.15, 0.2) is 0 Å². The molecule has 1 heterocycles. The number of nitrogens with one attached hydrogen (secondary N) is 1. The summed E-state index contributed by atoms with van der Waals surface area (Å²) in [6.45, 7) is 0. The molecular weight excluding hydrogens is 328 g/mol. The highest BCUT2D eigenvalue weighted by atomic mass is 35.5. The molecule has 0 radical (unpaired) electrons. The Labute approximate surface area is 145 Å². The highest BCUT2D eigenvalue weighted by Gasteiger charge is 2.42. The molecule has 1 aromatic heterocycles. The van der Waals surface area contributed by atoms with Crippen LogP contribution >= 0.6 is 22.9 Å². The third kappa shape index (κ3) is 3.75. The predicted molar refractivity (Wildman–Crippen MR) is 93.6 cm³/mol. The van der Waals surface area contributed by atoms with E-state index in [2.05, 4.69) is 10.3 Å². The van der Waals surface area contributed by atoms with Crippen LogP contribution in [0.2, 0.25) is 5.02 Å². The lowest BCUT2D eigenvalue weighted by molar-refractivity contribution is -0.121. The highest BCUT2D eigenvalue weighted by molar-refractivity contribution is 7.13. The molecule has 1 amide bonds. The summed E-state index contributed by atoms with van der Waals surface area (Å²) in [6, 6.07) is 8.07. The van der Waals surface area contributed by atoms with Crippen LogP contribution in [0.3, 0.4) is 0 Å². The van der Waals surface area contributed by atoms with E-state index in [-0.39, 0.29) is 5.91 Å². The summed E-state index contributed by atoms with van der Waals surface area (Å²) in [7, 11) is 0. The Morgan fingerprint density at radius 3 is 2.70 bits per heavy atom. The van der Waals surface area contributed by atoms with Crippen molar-refractivity contribution in [2.24, 2.45) is 11.8 Å². The Kier molecular flexibility index (Phi) is 4.12. The molecule has 0 bridgehead atoms. The molecule has 2 saturated carbocycles. The Bertz CT molecular complexity index is 709. The molecule has 4 rings (SSSR count). The number of benzene rings is 1. The van der Waals surface area contributed by atoms with Crippen molar-refractivity contribution in [1.29, 1.82) is 0 Å². The molecule has 3 nitrogen and oxygen atoms in total. The van der Waals surface area contributed by atoms with E-state index in [1.807, 2.05) is 29.6 Å². The van der Waals surface area contributed by atoms with Crippen molar-refractivity contribution in [2.75, 3.05) is 0 Å². The SMILES string of the molecule is O=C(Cc1csc(-c2cccc(Cl)c2)n1)NC(C1CC1)C1CC1. The van der Waals surface area contributed by atoms with E-state index in [9.17, 15) is 4.79 Å². The monoisotopic (exact) mass is 346 g/mol. The molecule has 2 aromatic rings. The zero-order valence-electron chi connectivity index (χ0n) is 12.8. The summed E-state index contributed by atoms with van der Waals surface area (Å²) in [5, 5.41) is 6.84. The second kappa shape index (κ2) is 6.25. The maximum absolute atomic E-state index is 12.3. The lowest BCUT2D eigenvalue weighted by Gasteiger charge is -2.17. The number of hydrogen-bond acceptors (Lipinski definition) is 3. The van der Waals surface area contributed by atoms with Gasteiger partial charge in [-0.25, -0.2) is 4.98 Å². The third-order valence-electron chi connectivity index (χ3n) is 4.55. The quantitative estimate of drug-likeness (QED) is 0.846.